The summed E-state index contributed by atoms with van der Waals surface area (Å²) in [5.41, 5.74) is 6.46. The molecule has 1 heterocycles. The number of nitrogens with two attached hydrogens (primary N) is 1. The van der Waals surface area contributed by atoms with Crippen LogP contribution in [0.2, 0.25) is 0 Å². The molecule has 21 heavy (non-hydrogen) atoms. The van der Waals surface area contributed by atoms with E-state index in [1.807, 2.05) is 56.0 Å². The molecule has 5 heteroatoms. The maximum absolute atomic E-state index is 12.5. The first-order valence-electron chi connectivity index (χ1n) is 7.14. The Morgan fingerprint density at radius 1 is 1.43 bits per heavy atom. The van der Waals surface area contributed by atoms with Crippen molar-refractivity contribution in [3.63, 3.8) is 0 Å². The summed E-state index contributed by atoms with van der Waals surface area (Å²) in [6.07, 6.45) is -0.0573. The van der Waals surface area contributed by atoms with E-state index < -0.39 is 0 Å². The highest BCUT2D eigenvalue weighted by Gasteiger charge is 2.39. The Hall–Kier alpha value is -1.10. The number of rotatable bonds is 3. The lowest BCUT2D eigenvalue weighted by atomic mass is 9.96. The molecule has 4 nitrogen and oxygen atoms in total. The van der Waals surface area contributed by atoms with E-state index in [2.05, 4.69) is 0 Å². The molecule has 0 aliphatic carbocycles. The van der Waals surface area contributed by atoms with Crippen molar-refractivity contribution in [1.29, 1.82) is 0 Å². The van der Waals surface area contributed by atoms with Gasteiger partial charge in [0.05, 0.1) is 18.7 Å². The zero-order valence-corrected chi connectivity index (χ0v) is 13.7. The number of benzene rings is 1. The molecular formula is C16H25ClN2O2. The molecule has 1 aliphatic heterocycles. The van der Waals surface area contributed by atoms with E-state index in [0.717, 1.165) is 5.56 Å². The molecule has 1 amide bonds. The number of carbonyl (C=O) groups is 1. The zero-order chi connectivity index (χ0) is 14.8. The summed E-state index contributed by atoms with van der Waals surface area (Å²) in [6, 6.07) is 10.0. The lowest BCUT2D eigenvalue weighted by Gasteiger charge is -2.46. The maximum Gasteiger partial charge on any atom is 0.227 e. The van der Waals surface area contributed by atoms with E-state index in [-0.39, 0.29) is 35.9 Å². The smallest absolute Gasteiger partial charge is 0.227 e. The van der Waals surface area contributed by atoms with Gasteiger partial charge in [-0.3, -0.25) is 4.79 Å². The Kier molecular flexibility index (Phi) is 6.20. The van der Waals surface area contributed by atoms with Crippen LogP contribution in [0.3, 0.4) is 0 Å². The van der Waals surface area contributed by atoms with Crippen LogP contribution in [0, 0.1) is 5.92 Å². The summed E-state index contributed by atoms with van der Waals surface area (Å²) in [6.45, 7) is 7.45. The van der Waals surface area contributed by atoms with E-state index in [4.69, 9.17) is 10.5 Å². The lowest BCUT2D eigenvalue weighted by molar-refractivity contribution is -0.158. The lowest BCUT2D eigenvalue weighted by Crippen LogP contribution is -2.58. The van der Waals surface area contributed by atoms with Crippen molar-refractivity contribution in [1.82, 2.24) is 4.90 Å². The Balaban J connectivity index is 0.00000220. The molecule has 0 spiro atoms. The minimum absolute atomic E-state index is 0. The minimum Gasteiger partial charge on any atom is -0.369 e. The van der Waals surface area contributed by atoms with Crippen molar-refractivity contribution in [3.05, 3.63) is 35.9 Å². The molecule has 1 fully saturated rings. The molecule has 1 aromatic carbocycles. The fourth-order valence-electron chi connectivity index (χ4n) is 2.47. The first-order chi connectivity index (χ1) is 9.45. The summed E-state index contributed by atoms with van der Waals surface area (Å²) >= 11 is 0. The fraction of sp³-hybridized carbons (Fsp3) is 0.562. The second-order valence-corrected chi connectivity index (χ2v) is 6.11. The highest BCUT2D eigenvalue weighted by molar-refractivity contribution is 5.85. The molecule has 2 rings (SSSR count). The SMILES string of the molecule is CC(CN)C(=O)N1CC(c2ccccc2)OCC1(C)C.Cl. The Labute approximate surface area is 133 Å². The second-order valence-electron chi connectivity index (χ2n) is 6.11. The molecule has 1 aromatic rings. The zero-order valence-electron chi connectivity index (χ0n) is 12.9. The summed E-state index contributed by atoms with van der Waals surface area (Å²) in [4.78, 5) is 14.4. The first kappa shape index (κ1) is 18.0. The molecule has 0 saturated carbocycles. The average molecular weight is 313 g/mol. The van der Waals surface area contributed by atoms with Crippen LogP contribution < -0.4 is 5.73 Å². The van der Waals surface area contributed by atoms with Gasteiger partial charge in [0.2, 0.25) is 5.91 Å². The molecule has 2 atom stereocenters. The van der Waals surface area contributed by atoms with Crippen LogP contribution in [0.25, 0.3) is 0 Å². The molecule has 0 bridgehead atoms. The number of ether oxygens (including phenoxy) is 1. The first-order valence-corrected chi connectivity index (χ1v) is 7.14. The van der Waals surface area contributed by atoms with Gasteiger partial charge in [0, 0.05) is 12.5 Å². The number of hydrogen-bond donors (Lipinski definition) is 1. The summed E-state index contributed by atoms with van der Waals surface area (Å²) in [5, 5.41) is 0. The van der Waals surface area contributed by atoms with Crippen molar-refractivity contribution in [2.24, 2.45) is 11.7 Å². The van der Waals surface area contributed by atoms with Crippen LogP contribution in [-0.4, -0.2) is 36.0 Å². The highest BCUT2D eigenvalue weighted by Crippen LogP contribution is 2.31. The molecule has 2 unspecified atom stereocenters. The van der Waals surface area contributed by atoms with Crippen LogP contribution in [0.4, 0.5) is 0 Å². The summed E-state index contributed by atoms with van der Waals surface area (Å²) in [5.74, 6) is -0.0365. The quantitative estimate of drug-likeness (QED) is 0.932. The van der Waals surface area contributed by atoms with Gasteiger partial charge in [-0.25, -0.2) is 0 Å². The Morgan fingerprint density at radius 2 is 2.05 bits per heavy atom. The normalized spacial score (nSPS) is 22.3. The van der Waals surface area contributed by atoms with Crippen molar-refractivity contribution in [2.75, 3.05) is 19.7 Å². The van der Waals surface area contributed by atoms with Crippen LogP contribution in [0.15, 0.2) is 30.3 Å². The van der Waals surface area contributed by atoms with Gasteiger partial charge in [-0.05, 0) is 19.4 Å². The van der Waals surface area contributed by atoms with Crippen molar-refractivity contribution in [2.45, 2.75) is 32.4 Å². The molecule has 0 radical (unpaired) electrons. The summed E-state index contributed by atoms with van der Waals surface area (Å²) < 4.78 is 5.95. The average Bonchev–Trinajstić information content (AvgIpc) is 2.46. The van der Waals surface area contributed by atoms with Gasteiger partial charge in [0.1, 0.15) is 6.10 Å². The standard InChI is InChI=1S/C16H24N2O2.ClH/c1-12(9-17)15(19)18-10-14(20-11-16(18,2)3)13-7-5-4-6-8-13;/h4-8,12,14H,9-11,17H2,1-3H3;1H. The van der Waals surface area contributed by atoms with E-state index >= 15 is 0 Å². The number of carbonyl (C=O) groups excluding carboxylic acids is 1. The van der Waals surface area contributed by atoms with Crippen LogP contribution in [0.5, 0.6) is 0 Å². The summed E-state index contributed by atoms with van der Waals surface area (Å²) in [7, 11) is 0. The topological polar surface area (TPSA) is 55.6 Å². The van der Waals surface area contributed by atoms with Gasteiger partial charge in [-0.1, -0.05) is 37.3 Å². The predicted octanol–water partition coefficient (Wildman–Crippen LogP) is 2.38. The maximum atomic E-state index is 12.5. The third kappa shape index (κ3) is 3.96. The van der Waals surface area contributed by atoms with Gasteiger partial charge in [-0.2, -0.15) is 0 Å². The van der Waals surface area contributed by atoms with Gasteiger partial charge in [0.15, 0.2) is 0 Å². The van der Waals surface area contributed by atoms with Crippen LogP contribution in [0.1, 0.15) is 32.4 Å². The molecule has 118 valence electrons. The van der Waals surface area contributed by atoms with Gasteiger partial charge >= 0.3 is 0 Å². The van der Waals surface area contributed by atoms with Crippen LogP contribution in [-0.2, 0) is 9.53 Å². The van der Waals surface area contributed by atoms with Gasteiger partial charge < -0.3 is 15.4 Å². The number of morpholine rings is 1. The van der Waals surface area contributed by atoms with E-state index in [9.17, 15) is 4.79 Å². The Bertz CT molecular complexity index is 465. The minimum atomic E-state index is -0.286. The number of amides is 1. The third-order valence-corrected chi connectivity index (χ3v) is 3.93. The molecule has 0 aromatic heterocycles. The van der Waals surface area contributed by atoms with Crippen LogP contribution >= 0.6 is 12.4 Å². The van der Waals surface area contributed by atoms with E-state index in [0.29, 0.717) is 19.7 Å². The van der Waals surface area contributed by atoms with Crippen molar-refractivity contribution >= 4 is 18.3 Å². The molecule has 1 aliphatic rings. The van der Waals surface area contributed by atoms with Crippen molar-refractivity contribution < 1.29 is 9.53 Å². The Morgan fingerprint density at radius 3 is 2.62 bits per heavy atom. The predicted molar refractivity (Wildman–Crippen MR) is 86.4 cm³/mol. The second kappa shape index (κ2) is 7.25. The fourth-order valence-corrected chi connectivity index (χ4v) is 2.47. The highest BCUT2D eigenvalue weighted by atomic mass is 35.5. The monoisotopic (exact) mass is 312 g/mol. The van der Waals surface area contributed by atoms with Gasteiger partial charge in [-0.15, -0.1) is 12.4 Å². The molecular weight excluding hydrogens is 288 g/mol. The largest absolute Gasteiger partial charge is 0.369 e. The van der Waals surface area contributed by atoms with E-state index in [1.165, 1.54) is 0 Å². The number of nitrogens with zero attached hydrogens (tertiary/aromatic N) is 1. The van der Waals surface area contributed by atoms with Crippen molar-refractivity contribution in [3.8, 4) is 0 Å². The molecule has 2 N–H and O–H groups in total. The van der Waals surface area contributed by atoms with E-state index in [1.54, 1.807) is 0 Å². The third-order valence-electron chi connectivity index (χ3n) is 3.93. The van der Waals surface area contributed by atoms with Gasteiger partial charge in [0.25, 0.3) is 0 Å². The number of halogens is 1. The number of hydrogen-bond acceptors (Lipinski definition) is 3. The molecule has 1 saturated heterocycles.